The number of nitrogens with zero attached hydrogens (tertiary/aromatic N) is 1. The third kappa shape index (κ3) is 5.14. The summed E-state index contributed by atoms with van der Waals surface area (Å²) in [4.78, 5) is 2.05. The monoisotopic (exact) mass is 400 g/mol. The minimum atomic E-state index is -4.82. The lowest BCUT2D eigenvalue weighted by Gasteiger charge is -2.27. The molecule has 0 saturated carbocycles. The van der Waals surface area contributed by atoms with E-state index in [1.807, 2.05) is 30.3 Å². The molecule has 1 unspecified atom stereocenters. The highest BCUT2D eigenvalue weighted by atomic mass is 32.2. The van der Waals surface area contributed by atoms with Crippen LogP contribution in [0.5, 0.6) is 5.75 Å². The average Bonchev–Trinajstić information content (AvgIpc) is 3.09. The molecule has 27 heavy (non-hydrogen) atoms. The van der Waals surface area contributed by atoms with Gasteiger partial charge in [0, 0.05) is 24.8 Å². The second kappa shape index (κ2) is 7.77. The van der Waals surface area contributed by atoms with Crippen LogP contribution in [0.15, 0.2) is 59.5 Å². The number of hydrogen-bond acceptors (Lipinski definition) is 4. The van der Waals surface area contributed by atoms with E-state index in [1.165, 1.54) is 0 Å². The van der Waals surface area contributed by atoms with E-state index >= 15 is 0 Å². The number of benzene rings is 2. The molecule has 5 nitrogen and oxygen atoms in total. The fourth-order valence-corrected chi connectivity index (χ4v) is 4.19. The van der Waals surface area contributed by atoms with Gasteiger partial charge in [0.25, 0.3) is 0 Å². The molecule has 1 fully saturated rings. The highest BCUT2D eigenvalue weighted by Gasteiger charge is 2.31. The van der Waals surface area contributed by atoms with Gasteiger partial charge >= 0.3 is 6.36 Å². The maximum absolute atomic E-state index is 12.4. The molecular weight excluding hydrogens is 381 g/mol. The fraction of sp³-hybridized carbons (Fsp3) is 0.333. The van der Waals surface area contributed by atoms with Gasteiger partial charge < -0.3 is 9.64 Å². The first-order chi connectivity index (χ1) is 12.7. The molecule has 0 spiro atoms. The molecule has 3 rings (SSSR count). The van der Waals surface area contributed by atoms with Crippen LogP contribution in [0.1, 0.15) is 12.8 Å². The molecule has 146 valence electrons. The summed E-state index contributed by atoms with van der Waals surface area (Å²) in [6, 6.07) is 13.9. The van der Waals surface area contributed by atoms with Crippen molar-refractivity contribution in [3.63, 3.8) is 0 Å². The molecule has 0 amide bonds. The van der Waals surface area contributed by atoms with Gasteiger partial charge in [-0.3, -0.25) is 0 Å². The highest BCUT2D eigenvalue weighted by Crippen LogP contribution is 2.26. The zero-order valence-electron chi connectivity index (χ0n) is 14.3. The van der Waals surface area contributed by atoms with E-state index in [9.17, 15) is 21.6 Å². The summed E-state index contributed by atoms with van der Waals surface area (Å²) in [5.41, 5.74) is 1.04. The standard InChI is InChI=1S/C18H19F3N2O3S/c19-18(20,21)26-16-8-10-17(11-9-16)27(24,25)22-13-15-7-4-12-23(15)14-5-2-1-3-6-14/h1-3,5-6,8-11,15,22H,4,7,12-13H2. The summed E-state index contributed by atoms with van der Waals surface area (Å²) >= 11 is 0. The third-order valence-corrected chi connectivity index (χ3v) is 5.78. The van der Waals surface area contributed by atoms with E-state index in [0.717, 1.165) is 49.3 Å². The molecule has 0 bridgehead atoms. The van der Waals surface area contributed by atoms with Gasteiger partial charge in [-0.2, -0.15) is 0 Å². The van der Waals surface area contributed by atoms with E-state index in [-0.39, 0.29) is 17.5 Å². The second-order valence-electron chi connectivity index (χ2n) is 6.20. The number of alkyl halides is 3. The van der Waals surface area contributed by atoms with E-state index in [4.69, 9.17) is 0 Å². The molecule has 1 aliphatic heterocycles. The number of ether oxygens (including phenoxy) is 1. The molecule has 1 atom stereocenters. The zero-order valence-corrected chi connectivity index (χ0v) is 15.1. The zero-order chi connectivity index (χ0) is 19.5. The van der Waals surface area contributed by atoms with Gasteiger partial charge in [0.05, 0.1) is 4.90 Å². The average molecular weight is 400 g/mol. The number of rotatable bonds is 6. The van der Waals surface area contributed by atoms with Gasteiger partial charge in [-0.15, -0.1) is 13.2 Å². The predicted molar refractivity (Wildman–Crippen MR) is 95.1 cm³/mol. The molecular formula is C18H19F3N2O3S. The van der Waals surface area contributed by atoms with Crippen molar-refractivity contribution in [2.45, 2.75) is 30.1 Å². The molecule has 0 radical (unpaired) electrons. The van der Waals surface area contributed by atoms with E-state index in [0.29, 0.717) is 0 Å². The minimum Gasteiger partial charge on any atom is -0.406 e. The highest BCUT2D eigenvalue weighted by molar-refractivity contribution is 7.89. The Morgan fingerprint density at radius 2 is 1.74 bits per heavy atom. The Bertz CT molecular complexity index is 856. The second-order valence-corrected chi connectivity index (χ2v) is 7.96. The van der Waals surface area contributed by atoms with E-state index in [1.54, 1.807) is 0 Å². The molecule has 0 aromatic heterocycles. The maximum Gasteiger partial charge on any atom is 0.573 e. The first kappa shape index (κ1) is 19.5. The Kier molecular flexibility index (Phi) is 5.61. The summed E-state index contributed by atoms with van der Waals surface area (Å²) in [5.74, 6) is -0.465. The van der Waals surface area contributed by atoms with Crippen LogP contribution in [0.4, 0.5) is 18.9 Å². The van der Waals surface area contributed by atoms with Gasteiger partial charge in [-0.25, -0.2) is 13.1 Å². The van der Waals surface area contributed by atoms with Crippen LogP contribution in [0.2, 0.25) is 0 Å². The van der Waals surface area contributed by atoms with Gasteiger partial charge in [0.2, 0.25) is 10.0 Å². The van der Waals surface area contributed by atoms with Crippen molar-refractivity contribution in [2.24, 2.45) is 0 Å². The molecule has 2 aromatic rings. The summed E-state index contributed by atoms with van der Waals surface area (Å²) in [6.45, 7) is 1.07. The summed E-state index contributed by atoms with van der Waals surface area (Å²) in [6.07, 6.45) is -3.00. The van der Waals surface area contributed by atoms with Crippen LogP contribution in [-0.2, 0) is 10.0 Å². The Labute approximate surface area is 155 Å². The molecule has 9 heteroatoms. The molecule has 2 aromatic carbocycles. The summed E-state index contributed by atoms with van der Waals surface area (Å²) in [7, 11) is -3.83. The number of hydrogen-bond donors (Lipinski definition) is 1. The van der Waals surface area contributed by atoms with Crippen LogP contribution >= 0.6 is 0 Å². The molecule has 1 aliphatic rings. The predicted octanol–water partition coefficient (Wildman–Crippen LogP) is 3.53. The van der Waals surface area contributed by atoms with Crippen molar-refractivity contribution in [1.82, 2.24) is 4.72 Å². The smallest absolute Gasteiger partial charge is 0.406 e. The van der Waals surface area contributed by atoms with Crippen LogP contribution in [0, 0.1) is 0 Å². The number of sulfonamides is 1. The largest absolute Gasteiger partial charge is 0.573 e. The fourth-order valence-electron chi connectivity index (χ4n) is 3.12. The van der Waals surface area contributed by atoms with Crippen LogP contribution < -0.4 is 14.4 Å². The van der Waals surface area contributed by atoms with E-state index < -0.39 is 22.1 Å². The molecule has 1 N–H and O–H groups in total. The van der Waals surface area contributed by atoms with Crippen molar-refractivity contribution >= 4 is 15.7 Å². The minimum absolute atomic E-state index is 0.0232. The van der Waals surface area contributed by atoms with Crippen LogP contribution in [-0.4, -0.2) is 33.9 Å². The van der Waals surface area contributed by atoms with E-state index in [2.05, 4.69) is 14.4 Å². The van der Waals surface area contributed by atoms with Gasteiger partial charge in [-0.05, 0) is 49.2 Å². The number of anilines is 1. The first-order valence-electron chi connectivity index (χ1n) is 8.42. The number of halogens is 3. The Morgan fingerprint density at radius 3 is 2.37 bits per heavy atom. The lowest BCUT2D eigenvalue weighted by Crippen LogP contribution is -2.40. The molecule has 1 saturated heterocycles. The van der Waals surface area contributed by atoms with Gasteiger partial charge in [0.1, 0.15) is 5.75 Å². The molecule has 1 heterocycles. The lowest BCUT2D eigenvalue weighted by atomic mass is 10.2. The maximum atomic E-state index is 12.4. The molecule has 0 aliphatic carbocycles. The summed E-state index contributed by atoms with van der Waals surface area (Å²) < 4.78 is 67.7. The normalized spacial score (nSPS) is 17.9. The summed E-state index contributed by atoms with van der Waals surface area (Å²) in [5, 5.41) is 0. The van der Waals surface area contributed by atoms with Crippen molar-refractivity contribution in [3.8, 4) is 5.75 Å². The first-order valence-corrected chi connectivity index (χ1v) is 9.90. The van der Waals surface area contributed by atoms with Crippen LogP contribution in [0.3, 0.4) is 0 Å². The van der Waals surface area contributed by atoms with Gasteiger partial charge in [-0.1, -0.05) is 18.2 Å². The third-order valence-electron chi connectivity index (χ3n) is 4.34. The van der Waals surface area contributed by atoms with Crippen molar-refractivity contribution in [3.05, 3.63) is 54.6 Å². The number of nitrogens with one attached hydrogen (secondary N) is 1. The lowest BCUT2D eigenvalue weighted by molar-refractivity contribution is -0.274. The number of para-hydroxylation sites is 1. The Hall–Kier alpha value is -2.26. The van der Waals surface area contributed by atoms with Gasteiger partial charge in [0.15, 0.2) is 0 Å². The SMILES string of the molecule is O=S(=O)(NCC1CCCN1c1ccccc1)c1ccc(OC(F)(F)F)cc1. The Morgan fingerprint density at radius 1 is 1.07 bits per heavy atom. The van der Waals surface area contributed by atoms with Crippen molar-refractivity contribution in [1.29, 1.82) is 0 Å². The topological polar surface area (TPSA) is 58.6 Å². The van der Waals surface area contributed by atoms with Crippen molar-refractivity contribution < 1.29 is 26.3 Å². The quantitative estimate of drug-likeness (QED) is 0.806. The Balaban J connectivity index is 1.64. The van der Waals surface area contributed by atoms with Crippen LogP contribution in [0.25, 0.3) is 0 Å². The van der Waals surface area contributed by atoms with Crippen molar-refractivity contribution in [2.75, 3.05) is 18.0 Å².